The summed E-state index contributed by atoms with van der Waals surface area (Å²) in [4.78, 5) is 31.5. The minimum Gasteiger partial charge on any atom is -0.310 e. The van der Waals surface area contributed by atoms with Gasteiger partial charge in [-0.05, 0) is 45.1 Å². The topological polar surface area (TPSA) is 43.9 Å². The molecule has 5 nitrogen and oxygen atoms in total. The third-order valence-corrected chi connectivity index (χ3v) is 6.45. The number of carbonyl (C=O) groups excluding carboxylic acids is 2. The van der Waals surface area contributed by atoms with E-state index in [1.807, 2.05) is 13.0 Å². The van der Waals surface area contributed by atoms with Gasteiger partial charge in [-0.25, -0.2) is 4.79 Å². The Hall–Kier alpha value is -1.88. The summed E-state index contributed by atoms with van der Waals surface area (Å²) in [6, 6.07) is 10.9. The van der Waals surface area contributed by atoms with E-state index in [1.165, 1.54) is 5.56 Å². The van der Waals surface area contributed by atoms with Crippen LogP contribution in [0, 0.1) is 0 Å². The van der Waals surface area contributed by atoms with Crippen molar-refractivity contribution in [3.05, 3.63) is 35.9 Å². The second-order valence-corrected chi connectivity index (χ2v) is 7.84. The molecular formula is C20H27N3O2. The van der Waals surface area contributed by atoms with Crippen LogP contribution in [0.15, 0.2) is 30.3 Å². The number of likely N-dealkylation sites (tertiary alicyclic amines) is 1. The molecule has 0 bridgehead atoms. The summed E-state index contributed by atoms with van der Waals surface area (Å²) < 4.78 is 0. The maximum Gasteiger partial charge on any atom is 0.327 e. The van der Waals surface area contributed by atoms with Crippen molar-refractivity contribution in [2.75, 3.05) is 19.6 Å². The van der Waals surface area contributed by atoms with E-state index < -0.39 is 5.54 Å². The molecule has 0 radical (unpaired) electrons. The number of urea groups is 1. The first-order chi connectivity index (χ1) is 12.0. The molecule has 4 rings (SSSR count). The minimum atomic E-state index is -0.578. The number of fused-ring (bicyclic) bond motifs is 1. The molecule has 0 unspecified atom stereocenters. The van der Waals surface area contributed by atoms with Crippen LogP contribution in [0.5, 0.6) is 0 Å². The van der Waals surface area contributed by atoms with Crippen LogP contribution in [0.2, 0.25) is 0 Å². The number of rotatable bonds is 3. The van der Waals surface area contributed by atoms with Gasteiger partial charge in [0.1, 0.15) is 5.54 Å². The van der Waals surface area contributed by atoms with Crippen molar-refractivity contribution in [1.29, 1.82) is 0 Å². The normalized spacial score (nSPS) is 29.4. The Morgan fingerprint density at radius 2 is 1.76 bits per heavy atom. The smallest absolute Gasteiger partial charge is 0.310 e. The lowest BCUT2D eigenvalue weighted by atomic mass is 9.96. The van der Waals surface area contributed by atoms with Crippen LogP contribution in [0.4, 0.5) is 4.79 Å². The van der Waals surface area contributed by atoms with Crippen LogP contribution < -0.4 is 0 Å². The fourth-order valence-corrected chi connectivity index (χ4v) is 4.76. The highest BCUT2D eigenvalue weighted by molar-refractivity contribution is 6.07. The second-order valence-electron chi connectivity index (χ2n) is 7.84. The molecule has 0 aliphatic carbocycles. The fourth-order valence-electron chi connectivity index (χ4n) is 4.76. The molecule has 3 aliphatic rings. The summed E-state index contributed by atoms with van der Waals surface area (Å²) >= 11 is 0. The Labute approximate surface area is 149 Å². The first-order valence-electron chi connectivity index (χ1n) is 9.46. The van der Waals surface area contributed by atoms with Crippen molar-refractivity contribution < 1.29 is 9.59 Å². The quantitative estimate of drug-likeness (QED) is 0.794. The number of nitrogens with zero attached hydrogens (tertiary/aromatic N) is 3. The van der Waals surface area contributed by atoms with Gasteiger partial charge >= 0.3 is 6.03 Å². The minimum absolute atomic E-state index is 0.0320. The van der Waals surface area contributed by atoms with Crippen molar-refractivity contribution in [3.8, 4) is 0 Å². The molecule has 0 saturated carbocycles. The molecule has 0 N–H and O–H groups in total. The zero-order valence-electron chi connectivity index (χ0n) is 15.1. The van der Waals surface area contributed by atoms with E-state index in [9.17, 15) is 9.59 Å². The molecule has 3 fully saturated rings. The first kappa shape index (κ1) is 16.6. The lowest BCUT2D eigenvalue weighted by Gasteiger charge is -2.38. The Bertz CT molecular complexity index is 669. The van der Waals surface area contributed by atoms with Crippen LogP contribution in [-0.2, 0) is 4.79 Å². The molecule has 134 valence electrons. The zero-order valence-corrected chi connectivity index (χ0v) is 15.1. The van der Waals surface area contributed by atoms with Crippen molar-refractivity contribution in [2.24, 2.45) is 0 Å². The van der Waals surface area contributed by atoms with Crippen LogP contribution >= 0.6 is 0 Å². The van der Waals surface area contributed by atoms with Crippen LogP contribution in [0.1, 0.15) is 51.1 Å². The van der Waals surface area contributed by atoms with Gasteiger partial charge in [-0.15, -0.1) is 0 Å². The van der Waals surface area contributed by atoms with E-state index in [1.54, 1.807) is 9.80 Å². The number of hydrogen-bond donors (Lipinski definition) is 0. The summed E-state index contributed by atoms with van der Waals surface area (Å²) in [6.07, 6.45) is 3.49. The highest BCUT2D eigenvalue weighted by atomic mass is 16.2. The van der Waals surface area contributed by atoms with Gasteiger partial charge in [0.2, 0.25) is 0 Å². The molecule has 3 amide bonds. The largest absolute Gasteiger partial charge is 0.327 e. The number of imide groups is 1. The summed E-state index contributed by atoms with van der Waals surface area (Å²) in [7, 11) is 0. The molecule has 5 heteroatoms. The van der Waals surface area contributed by atoms with E-state index in [0.29, 0.717) is 6.04 Å². The molecule has 3 saturated heterocycles. The van der Waals surface area contributed by atoms with Gasteiger partial charge in [0.15, 0.2) is 0 Å². The predicted molar refractivity (Wildman–Crippen MR) is 96.0 cm³/mol. The lowest BCUT2D eigenvalue weighted by molar-refractivity contribution is -0.134. The Balaban J connectivity index is 1.43. The molecule has 25 heavy (non-hydrogen) atoms. The molecule has 3 aliphatic heterocycles. The first-order valence-corrected chi connectivity index (χ1v) is 9.46. The zero-order chi connectivity index (χ0) is 17.6. The van der Waals surface area contributed by atoms with Gasteiger partial charge in [0.25, 0.3) is 5.91 Å². The van der Waals surface area contributed by atoms with E-state index >= 15 is 0 Å². The Kier molecular flexibility index (Phi) is 4.07. The summed E-state index contributed by atoms with van der Waals surface area (Å²) in [5, 5.41) is 0. The highest BCUT2D eigenvalue weighted by Gasteiger charge is 2.58. The standard InChI is InChI=1S/C20H27N3O2/c1-15(16-7-4-3-5-8-16)21-13-9-17(10-14-21)23-18(24)20(2)11-6-12-22(20)19(23)25/h3-5,7-8,15,17H,6,9-14H2,1-2H3/t15-,20-/m1/s1. The molecule has 3 heterocycles. The summed E-state index contributed by atoms with van der Waals surface area (Å²) in [5.74, 6) is 0.0320. The number of carbonyl (C=O) groups is 2. The van der Waals surface area contributed by atoms with E-state index in [0.717, 1.165) is 45.3 Å². The predicted octanol–water partition coefficient (Wildman–Crippen LogP) is 3.03. The van der Waals surface area contributed by atoms with Crippen LogP contribution in [-0.4, -0.2) is 57.9 Å². The number of piperidine rings is 1. The molecule has 0 spiro atoms. The summed E-state index contributed by atoms with van der Waals surface area (Å²) in [6.45, 7) is 6.75. The van der Waals surface area contributed by atoms with Crippen molar-refractivity contribution in [2.45, 2.75) is 57.2 Å². The van der Waals surface area contributed by atoms with Crippen LogP contribution in [0.3, 0.4) is 0 Å². The SMILES string of the molecule is C[C@H](c1ccccc1)N1CCC(N2C(=O)N3CCC[C@]3(C)C2=O)CC1. The van der Waals surface area contributed by atoms with Crippen molar-refractivity contribution >= 4 is 11.9 Å². The van der Waals surface area contributed by atoms with E-state index in [4.69, 9.17) is 0 Å². The van der Waals surface area contributed by atoms with Gasteiger partial charge in [-0.3, -0.25) is 14.6 Å². The molecule has 0 aromatic heterocycles. The number of amides is 3. The third kappa shape index (κ3) is 2.56. The maximum atomic E-state index is 12.9. The van der Waals surface area contributed by atoms with Crippen LogP contribution in [0.25, 0.3) is 0 Å². The Morgan fingerprint density at radius 1 is 1.08 bits per heavy atom. The Morgan fingerprint density at radius 3 is 2.40 bits per heavy atom. The molecule has 1 aromatic carbocycles. The van der Waals surface area contributed by atoms with E-state index in [2.05, 4.69) is 36.1 Å². The maximum absolute atomic E-state index is 12.9. The van der Waals surface area contributed by atoms with Gasteiger partial charge in [-0.1, -0.05) is 30.3 Å². The molecule has 2 atom stereocenters. The third-order valence-electron chi connectivity index (χ3n) is 6.45. The van der Waals surface area contributed by atoms with Gasteiger partial charge in [0.05, 0.1) is 0 Å². The van der Waals surface area contributed by atoms with Gasteiger partial charge < -0.3 is 4.90 Å². The van der Waals surface area contributed by atoms with Gasteiger partial charge in [-0.2, -0.15) is 0 Å². The molecule has 1 aromatic rings. The van der Waals surface area contributed by atoms with E-state index in [-0.39, 0.29) is 18.0 Å². The number of hydrogen-bond acceptors (Lipinski definition) is 3. The highest BCUT2D eigenvalue weighted by Crippen LogP contribution is 2.39. The average molecular weight is 341 g/mol. The monoisotopic (exact) mass is 341 g/mol. The molecular weight excluding hydrogens is 314 g/mol. The van der Waals surface area contributed by atoms with Gasteiger partial charge in [0, 0.05) is 31.7 Å². The fraction of sp³-hybridized carbons (Fsp3) is 0.600. The van der Waals surface area contributed by atoms with Crippen molar-refractivity contribution in [1.82, 2.24) is 14.7 Å². The summed E-state index contributed by atoms with van der Waals surface area (Å²) in [5.41, 5.74) is 0.744. The lowest BCUT2D eigenvalue weighted by Crippen LogP contribution is -2.49. The number of benzene rings is 1. The second kappa shape index (κ2) is 6.13. The average Bonchev–Trinajstić information content (AvgIpc) is 3.12. The van der Waals surface area contributed by atoms with Crippen molar-refractivity contribution in [3.63, 3.8) is 0 Å².